The molecule has 1 radical (unpaired) electrons. The van der Waals surface area contributed by atoms with Crippen LogP contribution in [0.25, 0.3) is 0 Å². The normalized spacial score (nSPS) is 4.50. The van der Waals surface area contributed by atoms with E-state index in [-0.39, 0.29) is 82.1 Å². The van der Waals surface area contributed by atoms with Crippen molar-refractivity contribution in [3.63, 3.8) is 0 Å². The van der Waals surface area contributed by atoms with Crippen LogP contribution in [0, 0.1) is 113 Å². The average Bonchev–Trinajstić information content (AvgIpc) is 0.811. The topological polar surface area (TPSA) is 0 Å². The van der Waals surface area contributed by atoms with Crippen molar-refractivity contribution in [1.29, 1.82) is 0 Å². The first-order valence-corrected chi connectivity index (χ1v) is 12.4. The predicted octanol–water partition coefficient (Wildman–Crippen LogP) is 2.07. The van der Waals surface area contributed by atoms with Crippen LogP contribution in [0.5, 0.6) is 0 Å². The third-order valence-corrected chi connectivity index (χ3v) is 0. The molecule has 0 aliphatic carbocycles. The Bertz CT molecular complexity index is 15.5. The van der Waals surface area contributed by atoms with E-state index in [9.17, 15) is 0 Å². The first-order chi connectivity index (χ1) is 1.73. The second kappa shape index (κ2) is 12.6. The van der Waals surface area contributed by atoms with E-state index in [0.29, 0.717) is 0 Å². The van der Waals surface area contributed by atoms with Gasteiger partial charge in [0, 0.05) is 82.1 Å². The van der Waals surface area contributed by atoms with E-state index in [0.717, 1.165) is 0 Å². The van der Waals surface area contributed by atoms with Gasteiger partial charge in [0.15, 0.2) is 0 Å². The third-order valence-electron chi connectivity index (χ3n) is 0. The molecule has 0 rings (SSSR count). The molecule has 0 unspecified atom stereocenters. The smallest absolute Gasteiger partial charge is 0 e. The molecular formula is CeCl3NdPr. The summed E-state index contributed by atoms with van der Waals surface area (Å²) in [7, 11) is 0. The van der Waals surface area contributed by atoms with E-state index in [2.05, 4.69) is 0 Å². The third kappa shape index (κ3) is 23.1. The Morgan fingerprint density at radius 2 is 1.00 bits per heavy atom. The van der Waals surface area contributed by atoms with Crippen molar-refractivity contribution < 1.29 is 113 Å². The van der Waals surface area contributed by atoms with Gasteiger partial charge < -0.3 is 0 Å². The summed E-state index contributed by atoms with van der Waals surface area (Å²) in [4.78, 5) is 0. The van der Waals surface area contributed by atoms with Gasteiger partial charge in [-0.05, 0) is 0 Å². The van der Waals surface area contributed by atoms with Crippen molar-refractivity contribution in [3.8, 4) is 0 Å². The fraction of sp³-hybridized carbons (Fsp3) is 0. The molecule has 6 heteroatoms. The number of hydrogen-bond donors (Lipinski definition) is 0. The van der Waals surface area contributed by atoms with Gasteiger partial charge in [-0.2, -0.15) is 0 Å². The zero-order valence-corrected chi connectivity index (χ0v) is 15.0. The monoisotopic (exact) mass is 528 g/mol. The molecule has 0 bridgehead atoms. The van der Waals surface area contributed by atoms with Crippen LogP contribution in [0.3, 0.4) is 0 Å². The Morgan fingerprint density at radius 1 is 1.00 bits per heavy atom. The van der Waals surface area contributed by atoms with E-state index in [4.69, 9.17) is 16.9 Å². The molecule has 0 N–H and O–H groups in total. The van der Waals surface area contributed by atoms with Crippen molar-refractivity contribution in [1.82, 2.24) is 0 Å². The Morgan fingerprint density at radius 3 is 1.00 bits per heavy atom. The van der Waals surface area contributed by atoms with Gasteiger partial charge in [-0.25, -0.2) is 0 Å². The van der Waals surface area contributed by atoms with Crippen molar-refractivity contribution in [2.45, 2.75) is 0 Å². The molecule has 0 nitrogen and oxygen atoms in total. The van der Waals surface area contributed by atoms with Crippen LogP contribution in [-0.4, -0.2) is 0 Å². The van der Waals surface area contributed by atoms with Gasteiger partial charge in [0.05, 0.1) is 0 Å². The molecule has 6 heavy (non-hydrogen) atoms. The summed E-state index contributed by atoms with van der Waals surface area (Å²) in [5.41, 5.74) is 15.1. The minimum atomic E-state index is -2.24. The second-order valence-corrected chi connectivity index (χ2v) is 14.0. The maximum atomic E-state index is 5.02. The zero-order chi connectivity index (χ0) is 3.58. The van der Waals surface area contributed by atoms with E-state index < -0.39 is 30.7 Å². The molecule has 0 amide bonds. The molecule has 32 valence electrons. The SMILES string of the molecule is [Cl][Ce]([Cl])[Cl].[Nd].[Pr]. The molecule has 0 aromatic heterocycles. The maximum absolute atomic E-state index is 5.02. The van der Waals surface area contributed by atoms with E-state index >= 15 is 0 Å². The molecule has 0 aromatic rings. The largest absolute Gasteiger partial charge is 0 e. The van der Waals surface area contributed by atoms with E-state index in [1.165, 1.54) is 0 Å². The summed E-state index contributed by atoms with van der Waals surface area (Å²) < 4.78 is 0. The number of halogens is 3. The molecule has 0 aliphatic rings. The molecule has 0 heterocycles. The molecule has 0 aliphatic heterocycles. The number of hydrogen-bond acceptors (Lipinski definition) is 0. The molecule has 0 atom stereocenters. The molecule has 0 aromatic carbocycles. The summed E-state index contributed by atoms with van der Waals surface area (Å²) in [6.07, 6.45) is 0. The Balaban J connectivity index is -0.0000000450. The quantitative estimate of drug-likeness (QED) is 0.449. The Hall–Kier alpha value is 4.96. The first-order valence-electron chi connectivity index (χ1n) is 0.567. The van der Waals surface area contributed by atoms with Gasteiger partial charge in [0.2, 0.25) is 0 Å². The van der Waals surface area contributed by atoms with E-state index in [1.54, 1.807) is 0 Å². The maximum Gasteiger partial charge on any atom is 0 e. The standard InChI is InChI=1S/Ce.3ClH.Nd.Pr/h;3*1H;;/q+3;;;;;/p-3. The van der Waals surface area contributed by atoms with Gasteiger partial charge in [0.25, 0.3) is 0 Å². The van der Waals surface area contributed by atoms with Gasteiger partial charge in [-0.1, -0.05) is 0 Å². The van der Waals surface area contributed by atoms with Crippen molar-refractivity contribution >= 4 is 16.9 Å². The minimum Gasteiger partial charge on any atom is 0 e. The van der Waals surface area contributed by atoms with Crippen LogP contribution >= 0.6 is 16.9 Å². The molecule has 0 spiro atoms. The first kappa shape index (κ1) is 17.2. The van der Waals surface area contributed by atoms with Crippen molar-refractivity contribution in [2.24, 2.45) is 0 Å². The van der Waals surface area contributed by atoms with Crippen LogP contribution in [-0.2, 0) is 0 Å². The summed E-state index contributed by atoms with van der Waals surface area (Å²) in [6, 6.07) is 0. The molecule has 0 fully saturated rings. The zero-order valence-electron chi connectivity index (χ0n) is 2.71. The number of rotatable bonds is 0. The van der Waals surface area contributed by atoms with E-state index in [1.807, 2.05) is 0 Å². The van der Waals surface area contributed by atoms with Crippen molar-refractivity contribution in [2.75, 3.05) is 0 Å². The van der Waals surface area contributed by atoms with Gasteiger partial charge in [-0.15, -0.1) is 0 Å². The minimum absolute atomic E-state index is 0. The predicted molar refractivity (Wildman–Crippen MR) is 17.6 cm³/mol. The summed E-state index contributed by atoms with van der Waals surface area (Å²) in [6.45, 7) is 0. The summed E-state index contributed by atoms with van der Waals surface area (Å²) in [5.74, 6) is 0. The van der Waals surface area contributed by atoms with Gasteiger partial charge in [-0.3, -0.25) is 0 Å². The van der Waals surface area contributed by atoms with Gasteiger partial charge >= 0.3 is 47.6 Å². The molecule has 0 saturated heterocycles. The summed E-state index contributed by atoms with van der Waals surface area (Å²) >= 11 is -2.24. The van der Waals surface area contributed by atoms with Crippen molar-refractivity contribution in [3.05, 3.63) is 0 Å². The van der Waals surface area contributed by atoms with Crippen LogP contribution in [0.2, 0.25) is 0 Å². The van der Waals surface area contributed by atoms with Gasteiger partial charge in [0.1, 0.15) is 0 Å². The average molecular weight is 532 g/mol. The van der Waals surface area contributed by atoms with Crippen LogP contribution in [0.1, 0.15) is 0 Å². The Kier molecular flexibility index (Phi) is 36.1. The fourth-order valence-electron chi connectivity index (χ4n) is 0. The second-order valence-electron chi connectivity index (χ2n) is 0.214. The molecular weight excluding hydrogens is 532 g/mol. The molecule has 0 saturated carbocycles. The van der Waals surface area contributed by atoms with Crippen LogP contribution < -0.4 is 0 Å². The van der Waals surface area contributed by atoms with Crippen LogP contribution in [0.4, 0.5) is 0 Å². The summed E-state index contributed by atoms with van der Waals surface area (Å²) in [5, 5.41) is 0. The van der Waals surface area contributed by atoms with Crippen LogP contribution in [0.15, 0.2) is 0 Å². The Labute approximate surface area is 125 Å². The fourth-order valence-corrected chi connectivity index (χ4v) is 0.